The molecule has 2 rings (SSSR count). The number of likely N-dealkylation sites (tertiary alicyclic amines) is 1. The quantitative estimate of drug-likeness (QED) is 0.625. The molecule has 0 unspecified atom stereocenters. The molecule has 0 N–H and O–H groups in total. The number of hydrogen-bond donors (Lipinski definition) is 0. The standard InChI is InChI=1S/C6H14N2.C5H11N.C2H6/c1-7-3-5-8(2)6-4-7;1-6-4-2-3-5-6;1-2/h3-6H2,1-2H3;2-5H2,1H3;1-2H3. The van der Waals surface area contributed by atoms with E-state index in [-0.39, 0.29) is 0 Å². The van der Waals surface area contributed by atoms with Gasteiger partial charge in [-0.05, 0) is 47.1 Å². The van der Waals surface area contributed by atoms with E-state index in [4.69, 9.17) is 0 Å². The van der Waals surface area contributed by atoms with Crippen molar-refractivity contribution in [2.75, 3.05) is 60.4 Å². The molecule has 98 valence electrons. The first-order chi connectivity index (χ1) is 7.68. The number of piperazine rings is 1. The summed E-state index contributed by atoms with van der Waals surface area (Å²) in [4.78, 5) is 7.08. The maximum atomic E-state index is 2.36. The molecular weight excluding hydrogens is 198 g/mol. The van der Waals surface area contributed by atoms with Gasteiger partial charge in [-0.25, -0.2) is 0 Å². The average molecular weight is 229 g/mol. The third-order valence-electron chi connectivity index (χ3n) is 3.06. The molecule has 0 aromatic rings. The van der Waals surface area contributed by atoms with E-state index in [1.54, 1.807) is 0 Å². The van der Waals surface area contributed by atoms with Crippen molar-refractivity contribution in [1.82, 2.24) is 14.7 Å². The summed E-state index contributed by atoms with van der Waals surface area (Å²) < 4.78 is 0. The van der Waals surface area contributed by atoms with Crippen molar-refractivity contribution in [2.24, 2.45) is 0 Å². The summed E-state index contributed by atoms with van der Waals surface area (Å²) in [7, 11) is 6.52. The van der Waals surface area contributed by atoms with Crippen molar-refractivity contribution in [3.63, 3.8) is 0 Å². The van der Waals surface area contributed by atoms with Crippen molar-refractivity contribution in [1.29, 1.82) is 0 Å². The van der Waals surface area contributed by atoms with Crippen molar-refractivity contribution in [3.8, 4) is 0 Å². The van der Waals surface area contributed by atoms with Crippen LogP contribution in [0.4, 0.5) is 0 Å². The lowest BCUT2D eigenvalue weighted by molar-refractivity contribution is 0.181. The summed E-state index contributed by atoms with van der Waals surface area (Å²) in [5, 5.41) is 0. The minimum Gasteiger partial charge on any atom is -0.306 e. The second-order valence-corrected chi connectivity index (χ2v) is 4.62. The van der Waals surface area contributed by atoms with Crippen LogP contribution >= 0.6 is 0 Å². The molecule has 2 saturated heterocycles. The Morgan fingerprint density at radius 2 is 0.750 bits per heavy atom. The third kappa shape index (κ3) is 8.08. The smallest absolute Gasteiger partial charge is 0.0107 e. The Balaban J connectivity index is 0.000000251. The largest absolute Gasteiger partial charge is 0.306 e. The van der Waals surface area contributed by atoms with Gasteiger partial charge in [0.15, 0.2) is 0 Å². The highest BCUT2D eigenvalue weighted by Crippen LogP contribution is 2.02. The van der Waals surface area contributed by atoms with E-state index < -0.39 is 0 Å². The Morgan fingerprint density at radius 3 is 0.938 bits per heavy atom. The highest BCUT2D eigenvalue weighted by atomic mass is 15.2. The maximum Gasteiger partial charge on any atom is 0.0107 e. The number of likely N-dealkylation sites (N-methyl/N-ethyl adjacent to an activating group) is 2. The minimum absolute atomic E-state index is 1.23. The molecule has 0 atom stereocenters. The second-order valence-electron chi connectivity index (χ2n) is 4.62. The fourth-order valence-electron chi connectivity index (χ4n) is 1.78. The second kappa shape index (κ2) is 10.1. The Morgan fingerprint density at radius 1 is 0.500 bits per heavy atom. The number of rotatable bonds is 0. The summed E-state index contributed by atoms with van der Waals surface area (Å²) in [5.74, 6) is 0. The molecule has 2 aliphatic heterocycles. The monoisotopic (exact) mass is 229 g/mol. The van der Waals surface area contributed by atoms with E-state index in [9.17, 15) is 0 Å². The highest BCUT2D eigenvalue weighted by Gasteiger charge is 2.07. The summed E-state index contributed by atoms with van der Waals surface area (Å²) in [6, 6.07) is 0. The number of hydrogen-bond acceptors (Lipinski definition) is 3. The van der Waals surface area contributed by atoms with Crippen LogP contribution in [0.2, 0.25) is 0 Å². The topological polar surface area (TPSA) is 9.72 Å². The van der Waals surface area contributed by atoms with E-state index in [1.165, 1.54) is 52.1 Å². The number of nitrogens with zero attached hydrogens (tertiary/aromatic N) is 3. The SMILES string of the molecule is CC.CN1CCCC1.CN1CCN(C)CC1. The fourth-order valence-corrected chi connectivity index (χ4v) is 1.78. The zero-order chi connectivity index (χ0) is 12.4. The van der Waals surface area contributed by atoms with Crippen molar-refractivity contribution >= 4 is 0 Å². The summed E-state index contributed by atoms with van der Waals surface area (Å²) in [6.45, 7) is 11.6. The summed E-state index contributed by atoms with van der Waals surface area (Å²) in [5.41, 5.74) is 0. The van der Waals surface area contributed by atoms with Crippen LogP contribution in [0.15, 0.2) is 0 Å². The molecule has 0 aliphatic carbocycles. The van der Waals surface area contributed by atoms with Crippen LogP contribution in [0.3, 0.4) is 0 Å². The molecule has 0 saturated carbocycles. The van der Waals surface area contributed by atoms with E-state index >= 15 is 0 Å². The van der Waals surface area contributed by atoms with Gasteiger partial charge in [-0.2, -0.15) is 0 Å². The van der Waals surface area contributed by atoms with Crippen molar-refractivity contribution in [3.05, 3.63) is 0 Å². The molecular formula is C13H31N3. The Bertz CT molecular complexity index is 126. The van der Waals surface area contributed by atoms with Gasteiger partial charge in [0.05, 0.1) is 0 Å². The van der Waals surface area contributed by atoms with Gasteiger partial charge in [-0.3, -0.25) is 0 Å². The molecule has 0 spiro atoms. The van der Waals surface area contributed by atoms with Gasteiger partial charge in [0, 0.05) is 26.2 Å². The maximum absolute atomic E-state index is 2.36. The Hall–Kier alpha value is -0.120. The van der Waals surface area contributed by atoms with Crippen molar-refractivity contribution < 1.29 is 0 Å². The Labute approximate surface area is 102 Å². The predicted molar refractivity (Wildman–Crippen MR) is 73.1 cm³/mol. The first kappa shape index (κ1) is 15.9. The van der Waals surface area contributed by atoms with Gasteiger partial charge in [-0.1, -0.05) is 13.8 Å². The molecule has 2 aliphatic rings. The van der Waals surface area contributed by atoms with Crippen LogP contribution in [0.5, 0.6) is 0 Å². The molecule has 0 aromatic carbocycles. The normalized spacial score (nSPS) is 23.1. The third-order valence-corrected chi connectivity index (χ3v) is 3.06. The van der Waals surface area contributed by atoms with E-state index in [0.29, 0.717) is 0 Å². The molecule has 0 amide bonds. The predicted octanol–water partition coefficient (Wildman–Crippen LogP) is 1.60. The fraction of sp³-hybridized carbons (Fsp3) is 1.00. The molecule has 3 heteroatoms. The van der Waals surface area contributed by atoms with Gasteiger partial charge >= 0.3 is 0 Å². The zero-order valence-corrected chi connectivity index (χ0v) is 12.0. The lowest BCUT2D eigenvalue weighted by Gasteiger charge is -2.28. The van der Waals surface area contributed by atoms with Crippen LogP contribution in [0.25, 0.3) is 0 Å². The molecule has 2 fully saturated rings. The summed E-state index contributed by atoms with van der Waals surface area (Å²) >= 11 is 0. The molecule has 0 bridgehead atoms. The van der Waals surface area contributed by atoms with Crippen LogP contribution < -0.4 is 0 Å². The van der Waals surface area contributed by atoms with Gasteiger partial charge in [0.1, 0.15) is 0 Å². The van der Waals surface area contributed by atoms with Gasteiger partial charge in [-0.15, -0.1) is 0 Å². The van der Waals surface area contributed by atoms with E-state index in [0.717, 1.165) is 0 Å². The van der Waals surface area contributed by atoms with E-state index in [1.807, 2.05) is 13.8 Å². The molecule has 2 heterocycles. The summed E-state index contributed by atoms with van der Waals surface area (Å²) in [6.07, 6.45) is 2.83. The van der Waals surface area contributed by atoms with Gasteiger partial charge < -0.3 is 14.7 Å². The molecule has 0 aromatic heterocycles. The Kier molecular flexibility index (Phi) is 9.99. The van der Waals surface area contributed by atoms with Crippen LogP contribution in [0, 0.1) is 0 Å². The molecule has 16 heavy (non-hydrogen) atoms. The van der Waals surface area contributed by atoms with Crippen LogP contribution in [-0.4, -0.2) is 75.1 Å². The van der Waals surface area contributed by atoms with Crippen LogP contribution in [-0.2, 0) is 0 Å². The highest BCUT2D eigenvalue weighted by molar-refractivity contribution is 4.64. The zero-order valence-electron chi connectivity index (χ0n) is 12.0. The van der Waals surface area contributed by atoms with Gasteiger partial charge in [0.2, 0.25) is 0 Å². The van der Waals surface area contributed by atoms with Crippen molar-refractivity contribution in [2.45, 2.75) is 26.7 Å². The van der Waals surface area contributed by atoms with Gasteiger partial charge in [0.25, 0.3) is 0 Å². The molecule has 3 nitrogen and oxygen atoms in total. The first-order valence-electron chi connectivity index (χ1n) is 6.74. The first-order valence-corrected chi connectivity index (χ1v) is 6.74. The lowest BCUT2D eigenvalue weighted by Crippen LogP contribution is -2.42. The average Bonchev–Trinajstić information content (AvgIpc) is 2.77. The van der Waals surface area contributed by atoms with E-state index in [2.05, 4.69) is 35.8 Å². The van der Waals surface area contributed by atoms with Crippen LogP contribution in [0.1, 0.15) is 26.7 Å². The minimum atomic E-state index is 1.23. The molecule has 0 radical (unpaired) electrons. The lowest BCUT2D eigenvalue weighted by atomic mass is 10.4.